The van der Waals surface area contributed by atoms with Gasteiger partial charge in [0.2, 0.25) is 0 Å². The van der Waals surface area contributed by atoms with E-state index >= 15 is 0 Å². The minimum Gasteiger partial charge on any atom is -0.462 e. The second kappa shape index (κ2) is 51.9. The third kappa shape index (κ3) is 50.2. The topological polar surface area (TPSA) is 78.9 Å². The molecule has 6 heteroatoms. The number of rotatable bonds is 43. The Morgan fingerprint density at radius 2 is 0.677 bits per heavy atom. The van der Waals surface area contributed by atoms with Crippen LogP contribution in [0.5, 0.6) is 0 Å². The highest BCUT2D eigenvalue weighted by atomic mass is 16.6. The van der Waals surface area contributed by atoms with Crippen molar-refractivity contribution in [3.05, 3.63) is 146 Å². The number of hydrogen-bond donors (Lipinski definition) is 0. The van der Waals surface area contributed by atoms with Crippen LogP contribution >= 0.6 is 0 Å². The first-order valence-electron chi connectivity index (χ1n) is 25.3. The predicted molar refractivity (Wildman–Crippen MR) is 279 cm³/mol. The van der Waals surface area contributed by atoms with Gasteiger partial charge in [0.1, 0.15) is 13.2 Å². The molecule has 65 heavy (non-hydrogen) atoms. The Hall–Kier alpha value is -4.71. The molecule has 0 aromatic carbocycles. The molecule has 0 saturated heterocycles. The summed E-state index contributed by atoms with van der Waals surface area (Å²) in [7, 11) is 0. The molecule has 1 unspecified atom stereocenters. The van der Waals surface area contributed by atoms with Crippen molar-refractivity contribution in [3.8, 4) is 0 Å². The molecule has 0 bridgehead atoms. The van der Waals surface area contributed by atoms with Crippen LogP contribution in [-0.2, 0) is 28.6 Å². The smallest absolute Gasteiger partial charge is 0.310 e. The Bertz CT molecular complexity index is 1490. The van der Waals surface area contributed by atoms with Gasteiger partial charge >= 0.3 is 17.9 Å². The second-order valence-electron chi connectivity index (χ2n) is 16.0. The number of carbonyl (C=O) groups excluding carboxylic acids is 3. The molecule has 0 aliphatic heterocycles. The van der Waals surface area contributed by atoms with Crippen molar-refractivity contribution >= 4 is 17.9 Å². The molecule has 1 atom stereocenters. The van der Waals surface area contributed by atoms with Crippen molar-refractivity contribution in [2.75, 3.05) is 13.2 Å². The zero-order valence-corrected chi connectivity index (χ0v) is 41.2. The number of allylic oxidation sites excluding steroid dienone is 23. The maximum Gasteiger partial charge on any atom is 0.310 e. The molecule has 0 saturated carbocycles. The van der Waals surface area contributed by atoms with Gasteiger partial charge in [-0.1, -0.05) is 205 Å². The van der Waals surface area contributed by atoms with Crippen molar-refractivity contribution in [1.82, 2.24) is 0 Å². The molecule has 0 radical (unpaired) electrons. The van der Waals surface area contributed by atoms with Crippen molar-refractivity contribution in [2.24, 2.45) is 0 Å². The van der Waals surface area contributed by atoms with E-state index in [-0.39, 0.29) is 32.0 Å². The van der Waals surface area contributed by atoms with E-state index in [2.05, 4.69) is 142 Å². The van der Waals surface area contributed by atoms with E-state index in [1.54, 1.807) is 6.08 Å². The minimum atomic E-state index is -0.872. The van der Waals surface area contributed by atoms with Gasteiger partial charge in [0.15, 0.2) is 6.10 Å². The number of unbranched alkanes of at least 4 members (excludes halogenated alkanes) is 9. The average Bonchev–Trinajstić information content (AvgIpc) is 3.30. The number of carbonyl (C=O) groups is 3. The summed E-state index contributed by atoms with van der Waals surface area (Å²) in [5, 5.41) is 0. The molecule has 0 aliphatic rings. The monoisotopic (exact) mass is 895 g/mol. The van der Waals surface area contributed by atoms with Crippen LogP contribution in [-0.4, -0.2) is 37.2 Å². The Morgan fingerprint density at radius 1 is 0.338 bits per heavy atom. The molecule has 0 spiro atoms. The van der Waals surface area contributed by atoms with Gasteiger partial charge in [-0.3, -0.25) is 14.4 Å². The maximum atomic E-state index is 12.7. The molecule has 0 aliphatic carbocycles. The first-order chi connectivity index (χ1) is 32.0. The van der Waals surface area contributed by atoms with Gasteiger partial charge in [0.25, 0.3) is 0 Å². The quantitative estimate of drug-likeness (QED) is 0.0263. The lowest BCUT2D eigenvalue weighted by Crippen LogP contribution is -2.30. The number of hydrogen-bond acceptors (Lipinski definition) is 6. The lowest BCUT2D eigenvalue weighted by atomic mass is 10.1. The molecular formula is C59H90O6. The van der Waals surface area contributed by atoms with Gasteiger partial charge in [-0.05, 0) is 109 Å². The Balaban J connectivity index is 4.66. The van der Waals surface area contributed by atoms with Crippen LogP contribution in [0, 0.1) is 0 Å². The van der Waals surface area contributed by atoms with Crippen molar-refractivity contribution in [1.29, 1.82) is 0 Å². The third-order valence-electron chi connectivity index (χ3n) is 9.86. The molecule has 0 fully saturated rings. The largest absolute Gasteiger partial charge is 0.462 e. The van der Waals surface area contributed by atoms with E-state index in [0.29, 0.717) is 19.3 Å². The normalized spacial score (nSPS) is 13.3. The molecular weight excluding hydrogens is 805 g/mol. The van der Waals surface area contributed by atoms with E-state index in [9.17, 15) is 14.4 Å². The fourth-order valence-corrected chi connectivity index (χ4v) is 6.12. The first-order valence-corrected chi connectivity index (χ1v) is 25.3. The van der Waals surface area contributed by atoms with Gasteiger partial charge in [0, 0.05) is 12.8 Å². The van der Waals surface area contributed by atoms with Crippen LogP contribution in [0.2, 0.25) is 0 Å². The van der Waals surface area contributed by atoms with Crippen molar-refractivity contribution < 1.29 is 28.6 Å². The van der Waals surface area contributed by atoms with Gasteiger partial charge in [0.05, 0.1) is 6.42 Å². The second-order valence-corrected chi connectivity index (χ2v) is 16.0. The van der Waals surface area contributed by atoms with Crippen LogP contribution < -0.4 is 0 Å². The molecule has 362 valence electrons. The fourth-order valence-electron chi connectivity index (χ4n) is 6.12. The summed E-state index contributed by atoms with van der Waals surface area (Å²) in [5.74, 6) is -1.19. The van der Waals surface area contributed by atoms with Crippen LogP contribution in [0.4, 0.5) is 0 Å². The van der Waals surface area contributed by atoms with Gasteiger partial charge < -0.3 is 14.2 Å². The highest BCUT2D eigenvalue weighted by molar-refractivity contribution is 5.72. The SMILES string of the molecule is CC/C=C\C/C=C\C/C=C\C/C=C\C/C=C\C/C=C\CCC(=O)OCC(COC(=O)CCCCCCC/C=C\CCCCCC)OC(=O)C/C=C\C/C=C\C/C=C\C/C=C\C/C=C\CC. The Kier molecular flexibility index (Phi) is 48.2. The summed E-state index contributed by atoms with van der Waals surface area (Å²) < 4.78 is 16.6. The average molecular weight is 895 g/mol. The molecule has 6 nitrogen and oxygen atoms in total. The van der Waals surface area contributed by atoms with E-state index in [0.717, 1.165) is 96.3 Å². The van der Waals surface area contributed by atoms with E-state index in [1.165, 1.54) is 38.5 Å². The van der Waals surface area contributed by atoms with Crippen LogP contribution in [0.3, 0.4) is 0 Å². The highest BCUT2D eigenvalue weighted by Crippen LogP contribution is 2.11. The van der Waals surface area contributed by atoms with Gasteiger partial charge in [-0.2, -0.15) is 0 Å². The van der Waals surface area contributed by atoms with Crippen LogP contribution in [0.15, 0.2) is 146 Å². The lowest BCUT2D eigenvalue weighted by Gasteiger charge is -2.18. The van der Waals surface area contributed by atoms with Crippen molar-refractivity contribution in [2.45, 2.75) is 194 Å². The van der Waals surface area contributed by atoms with Crippen LogP contribution in [0.1, 0.15) is 188 Å². The van der Waals surface area contributed by atoms with Gasteiger partial charge in [-0.15, -0.1) is 0 Å². The van der Waals surface area contributed by atoms with Gasteiger partial charge in [-0.25, -0.2) is 0 Å². The summed E-state index contributed by atoms with van der Waals surface area (Å²) in [6, 6.07) is 0. The van der Waals surface area contributed by atoms with Crippen LogP contribution in [0.25, 0.3) is 0 Å². The summed E-state index contributed by atoms with van der Waals surface area (Å²) in [4.78, 5) is 37.9. The van der Waals surface area contributed by atoms with E-state index in [4.69, 9.17) is 14.2 Å². The summed E-state index contributed by atoms with van der Waals surface area (Å²) in [5.41, 5.74) is 0. The third-order valence-corrected chi connectivity index (χ3v) is 9.86. The molecule has 0 amide bonds. The molecule has 0 heterocycles. The molecule has 0 N–H and O–H groups in total. The number of esters is 3. The zero-order valence-electron chi connectivity index (χ0n) is 41.2. The minimum absolute atomic E-state index is 0.0728. The molecule has 0 aromatic heterocycles. The van der Waals surface area contributed by atoms with Crippen molar-refractivity contribution in [3.63, 3.8) is 0 Å². The summed E-state index contributed by atoms with van der Waals surface area (Å²) >= 11 is 0. The zero-order chi connectivity index (χ0) is 47.2. The first kappa shape index (κ1) is 60.3. The lowest BCUT2D eigenvalue weighted by molar-refractivity contribution is -0.166. The Morgan fingerprint density at radius 3 is 1.11 bits per heavy atom. The molecule has 0 rings (SSSR count). The maximum absolute atomic E-state index is 12.7. The Labute approximate surface area is 397 Å². The fraction of sp³-hybridized carbons (Fsp3) is 0.542. The van der Waals surface area contributed by atoms with E-state index in [1.807, 2.05) is 18.2 Å². The summed E-state index contributed by atoms with van der Waals surface area (Å²) in [6.07, 6.45) is 74.4. The highest BCUT2D eigenvalue weighted by Gasteiger charge is 2.19. The predicted octanol–water partition coefficient (Wildman–Crippen LogP) is 16.9. The summed E-state index contributed by atoms with van der Waals surface area (Å²) in [6.45, 7) is 6.20. The molecule has 0 aromatic rings. The standard InChI is InChI=1S/C59H90O6/c1-4-7-10-13-16-19-22-25-27-28-29-30-32-34-37-40-43-46-49-52-58(61)64-55-56(54-63-57(60)51-48-45-42-39-36-33-24-21-18-15-12-9-6-3)65-59(62)53-50-47-44-41-38-35-31-26-23-20-17-14-11-8-5-2/h7-8,10-11,16-17,19-21,24-27,29-31,34,37-38,41,43,46-47,50,56H,4-6,9,12-15,18,22-23,28,32-33,35-36,39-40,42,44-45,48-49,51-55H2,1-3H3/b10-7-,11-8-,19-16-,20-17-,24-21-,27-25-,30-29-,31-26-,37-34-,41-38-,46-43-,50-47-. The van der Waals surface area contributed by atoms with E-state index < -0.39 is 18.0 Å². The number of ether oxygens (including phenoxy) is 3.